The molecule has 0 fully saturated rings. The molecular weight excluding hydrogens is 406 g/mol. The van der Waals surface area contributed by atoms with Crippen LogP contribution in [0.5, 0.6) is 11.5 Å². The van der Waals surface area contributed by atoms with Crippen molar-refractivity contribution in [1.82, 2.24) is 15.3 Å². The van der Waals surface area contributed by atoms with E-state index in [0.717, 1.165) is 54.1 Å². The molecule has 5 rings (SSSR count). The van der Waals surface area contributed by atoms with Crippen molar-refractivity contribution in [3.8, 4) is 22.6 Å². The first-order valence-electron chi connectivity index (χ1n) is 9.86. The lowest BCUT2D eigenvalue weighted by Crippen LogP contribution is -2.18. The van der Waals surface area contributed by atoms with Gasteiger partial charge in [-0.15, -0.1) is 11.3 Å². The van der Waals surface area contributed by atoms with Gasteiger partial charge in [-0.2, -0.15) is 0 Å². The maximum Gasteiger partial charge on any atom is 0.252 e. The minimum atomic E-state index is -0.0676. The van der Waals surface area contributed by atoms with Crippen LogP contribution in [0.1, 0.15) is 15.2 Å². The van der Waals surface area contributed by atoms with Crippen LogP contribution in [0.25, 0.3) is 32.1 Å². The summed E-state index contributed by atoms with van der Waals surface area (Å²) in [5.74, 6) is 1.39. The van der Waals surface area contributed by atoms with Crippen LogP contribution < -0.4 is 10.1 Å². The lowest BCUT2D eigenvalue weighted by Gasteiger charge is -2.10. The second-order valence-corrected chi connectivity index (χ2v) is 8.41. The number of fused-ring (bicyclic) bond motifs is 2. The van der Waals surface area contributed by atoms with E-state index in [-0.39, 0.29) is 5.91 Å². The third-order valence-electron chi connectivity index (χ3n) is 5.22. The first-order valence-corrected chi connectivity index (χ1v) is 10.7. The van der Waals surface area contributed by atoms with Gasteiger partial charge in [-0.3, -0.25) is 14.8 Å². The first kappa shape index (κ1) is 19.2. The molecule has 3 aromatic heterocycles. The van der Waals surface area contributed by atoms with Crippen LogP contribution in [0.15, 0.2) is 73.2 Å². The average Bonchev–Trinajstić information content (AvgIpc) is 3.14. The minimum Gasteiger partial charge on any atom is -0.457 e. The summed E-state index contributed by atoms with van der Waals surface area (Å²) in [6.07, 6.45) is 5.35. The molecule has 0 saturated heterocycles. The van der Waals surface area contributed by atoms with Gasteiger partial charge >= 0.3 is 0 Å². The van der Waals surface area contributed by atoms with Gasteiger partial charge < -0.3 is 10.1 Å². The molecule has 152 valence electrons. The Balaban J connectivity index is 1.51. The van der Waals surface area contributed by atoms with E-state index in [2.05, 4.69) is 21.4 Å². The van der Waals surface area contributed by atoms with Gasteiger partial charge in [0.1, 0.15) is 11.5 Å². The van der Waals surface area contributed by atoms with Crippen molar-refractivity contribution in [2.45, 2.75) is 6.92 Å². The summed E-state index contributed by atoms with van der Waals surface area (Å²) in [7, 11) is 1.65. The maximum atomic E-state index is 12.2. The number of benzene rings is 2. The molecule has 0 saturated carbocycles. The van der Waals surface area contributed by atoms with Crippen LogP contribution in [0.4, 0.5) is 0 Å². The molecule has 0 aliphatic heterocycles. The Labute approximate surface area is 183 Å². The number of carbonyl (C=O) groups is 1. The second-order valence-electron chi connectivity index (χ2n) is 7.16. The Hall–Kier alpha value is -3.77. The number of aromatic nitrogens is 2. The van der Waals surface area contributed by atoms with E-state index in [1.165, 1.54) is 0 Å². The molecule has 0 unspecified atom stereocenters. The number of thiophene rings is 1. The second kappa shape index (κ2) is 7.81. The molecule has 0 spiro atoms. The number of amides is 1. The van der Waals surface area contributed by atoms with Crippen molar-refractivity contribution >= 4 is 38.2 Å². The molecule has 0 aliphatic rings. The van der Waals surface area contributed by atoms with Gasteiger partial charge in [0, 0.05) is 51.6 Å². The molecule has 0 bridgehead atoms. The number of carbonyl (C=O) groups excluding carboxylic acids is 1. The molecular formula is C25H19N3O2S. The summed E-state index contributed by atoms with van der Waals surface area (Å²) in [6.45, 7) is 1.96. The van der Waals surface area contributed by atoms with E-state index < -0.39 is 0 Å². The van der Waals surface area contributed by atoms with Gasteiger partial charge in [0.15, 0.2) is 0 Å². The zero-order valence-electron chi connectivity index (χ0n) is 17.0. The number of ether oxygens (including phenoxy) is 1. The predicted molar refractivity (Wildman–Crippen MR) is 125 cm³/mol. The SMILES string of the molecule is CNC(=O)c1c(C)sc2cc(Oc3ccnc4cc(-c5cccnc5)ccc34)ccc12. The molecule has 5 nitrogen and oxygen atoms in total. The number of aryl methyl sites for hydroxylation is 1. The van der Waals surface area contributed by atoms with Crippen LogP contribution in [-0.4, -0.2) is 22.9 Å². The highest BCUT2D eigenvalue weighted by Crippen LogP contribution is 2.36. The van der Waals surface area contributed by atoms with E-state index in [4.69, 9.17) is 4.74 Å². The van der Waals surface area contributed by atoms with Gasteiger partial charge in [-0.05, 0) is 55.0 Å². The quantitative estimate of drug-likeness (QED) is 0.385. The fourth-order valence-corrected chi connectivity index (χ4v) is 4.81. The van der Waals surface area contributed by atoms with E-state index in [9.17, 15) is 4.79 Å². The predicted octanol–water partition coefficient (Wildman–Crippen LogP) is 5.97. The van der Waals surface area contributed by atoms with Crippen LogP contribution in [0.3, 0.4) is 0 Å². The molecule has 0 aliphatic carbocycles. The normalized spacial score (nSPS) is 11.0. The number of hydrogen-bond donors (Lipinski definition) is 1. The van der Waals surface area contributed by atoms with Crippen LogP contribution in [-0.2, 0) is 0 Å². The fourth-order valence-electron chi connectivity index (χ4n) is 3.72. The smallest absolute Gasteiger partial charge is 0.252 e. The van der Waals surface area contributed by atoms with E-state index in [1.54, 1.807) is 30.8 Å². The van der Waals surface area contributed by atoms with E-state index >= 15 is 0 Å². The summed E-state index contributed by atoms with van der Waals surface area (Å²) in [4.78, 5) is 21.9. The number of rotatable bonds is 4. The highest BCUT2D eigenvalue weighted by Gasteiger charge is 2.16. The summed E-state index contributed by atoms with van der Waals surface area (Å²) < 4.78 is 7.25. The molecule has 5 aromatic rings. The Morgan fingerprint density at radius 1 is 1.00 bits per heavy atom. The summed E-state index contributed by atoms with van der Waals surface area (Å²) >= 11 is 1.59. The van der Waals surface area contributed by atoms with Gasteiger partial charge in [0.05, 0.1) is 11.1 Å². The number of nitrogens with zero attached hydrogens (tertiary/aromatic N) is 2. The topological polar surface area (TPSA) is 64.1 Å². The Morgan fingerprint density at radius 3 is 2.68 bits per heavy atom. The van der Waals surface area contributed by atoms with Crippen LogP contribution >= 0.6 is 11.3 Å². The lowest BCUT2D eigenvalue weighted by atomic mass is 10.1. The Bertz CT molecular complexity index is 1430. The van der Waals surface area contributed by atoms with E-state index in [0.29, 0.717) is 0 Å². The third-order valence-corrected chi connectivity index (χ3v) is 6.29. The maximum absolute atomic E-state index is 12.2. The van der Waals surface area contributed by atoms with Gasteiger partial charge in [0.2, 0.25) is 0 Å². The minimum absolute atomic E-state index is 0.0676. The van der Waals surface area contributed by atoms with Crippen molar-refractivity contribution in [3.05, 3.63) is 83.6 Å². The average molecular weight is 426 g/mol. The summed E-state index contributed by atoms with van der Waals surface area (Å²) in [5.41, 5.74) is 3.69. The number of nitrogens with one attached hydrogen (secondary N) is 1. The van der Waals surface area contributed by atoms with Crippen molar-refractivity contribution in [2.24, 2.45) is 0 Å². The highest BCUT2D eigenvalue weighted by atomic mass is 32.1. The monoisotopic (exact) mass is 425 g/mol. The zero-order chi connectivity index (χ0) is 21.4. The van der Waals surface area contributed by atoms with Crippen molar-refractivity contribution in [3.63, 3.8) is 0 Å². The molecule has 1 amide bonds. The van der Waals surface area contributed by atoms with Gasteiger partial charge in [-0.25, -0.2) is 0 Å². The van der Waals surface area contributed by atoms with E-state index in [1.807, 2.05) is 61.7 Å². The first-order chi connectivity index (χ1) is 15.1. The standard InChI is InChI=1S/C25H19N3O2S/c1-15-24(25(29)26-2)20-8-6-18(13-23(20)31-15)30-22-9-11-28-21-12-16(5-7-19(21)22)17-4-3-10-27-14-17/h3-14H,1-2H3,(H,26,29). The lowest BCUT2D eigenvalue weighted by molar-refractivity contribution is 0.0964. The van der Waals surface area contributed by atoms with Crippen LogP contribution in [0.2, 0.25) is 0 Å². The largest absolute Gasteiger partial charge is 0.457 e. The molecule has 0 atom stereocenters. The zero-order valence-corrected chi connectivity index (χ0v) is 17.9. The highest BCUT2D eigenvalue weighted by molar-refractivity contribution is 7.19. The molecule has 6 heteroatoms. The third kappa shape index (κ3) is 3.51. The molecule has 1 N–H and O–H groups in total. The summed E-state index contributed by atoms with van der Waals surface area (Å²) in [5, 5.41) is 4.59. The molecule has 31 heavy (non-hydrogen) atoms. The Kier molecular flexibility index (Phi) is 4.84. The number of pyridine rings is 2. The van der Waals surface area contributed by atoms with Crippen molar-refractivity contribution in [1.29, 1.82) is 0 Å². The van der Waals surface area contributed by atoms with Crippen molar-refractivity contribution in [2.75, 3.05) is 7.05 Å². The van der Waals surface area contributed by atoms with Gasteiger partial charge in [-0.1, -0.05) is 12.1 Å². The summed E-state index contributed by atoms with van der Waals surface area (Å²) in [6, 6.07) is 17.8. The van der Waals surface area contributed by atoms with Crippen molar-refractivity contribution < 1.29 is 9.53 Å². The fraction of sp³-hybridized carbons (Fsp3) is 0.0800. The molecule has 0 radical (unpaired) electrons. The number of hydrogen-bond acceptors (Lipinski definition) is 5. The van der Waals surface area contributed by atoms with Gasteiger partial charge in [0.25, 0.3) is 5.91 Å². The molecule has 3 heterocycles. The van der Waals surface area contributed by atoms with Crippen LogP contribution in [0, 0.1) is 6.92 Å². The molecule has 2 aromatic carbocycles. The Morgan fingerprint density at radius 2 is 1.87 bits per heavy atom.